The maximum atomic E-state index is 14.1. The maximum Gasteiger partial charge on any atom is 0.131 e. The van der Waals surface area contributed by atoms with Crippen molar-refractivity contribution in [1.82, 2.24) is 0 Å². The highest BCUT2D eigenvalue weighted by molar-refractivity contribution is 5.71. The van der Waals surface area contributed by atoms with Crippen LogP contribution in [0.25, 0.3) is 11.1 Å². The van der Waals surface area contributed by atoms with Gasteiger partial charge in [-0.05, 0) is 54.8 Å². The van der Waals surface area contributed by atoms with Gasteiger partial charge in [0.1, 0.15) is 11.6 Å². The minimum atomic E-state index is -0.340. The van der Waals surface area contributed by atoms with Crippen LogP contribution < -0.4 is 5.32 Å². The molecule has 0 spiro atoms. The topological polar surface area (TPSA) is 12.0 Å². The number of hydrogen-bond donors (Lipinski definition) is 1. The van der Waals surface area contributed by atoms with E-state index >= 15 is 0 Å². The Kier molecular flexibility index (Phi) is 4.72. The normalized spacial score (nSPS) is 10.6. The summed E-state index contributed by atoms with van der Waals surface area (Å²) in [6.07, 6.45) is 1.74. The van der Waals surface area contributed by atoms with Gasteiger partial charge in [0.25, 0.3) is 0 Å². The number of halogens is 2. The molecule has 0 amide bonds. The molecule has 1 nitrogen and oxygen atoms in total. The Balaban J connectivity index is 2.54. The second-order valence-corrected chi connectivity index (χ2v) is 4.78. The molecule has 0 bridgehead atoms. The highest BCUT2D eigenvalue weighted by Crippen LogP contribution is 2.30. The zero-order chi connectivity index (χ0) is 14.5. The predicted octanol–water partition coefficient (Wildman–Crippen LogP) is 5.02. The molecule has 0 aliphatic carbocycles. The van der Waals surface area contributed by atoms with Crippen molar-refractivity contribution in [3.05, 3.63) is 53.6 Å². The summed E-state index contributed by atoms with van der Waals surface area (Å²) >= 11 is 0. The van der Waals surface area contributed by atoms with E-state index in [4.69, 9.17) is 0 Å². The molecule has 1 N–H and O–H groups in total. The second kappa shape index (κ2) is 6.51. The highest BCUT2D eigenvalue weighted by atomic mass is 19.1. The van der Waals surface area contributed by atoms with Crippen LogP contribution in [0.3, 0.4) is 0 Å². The van der Waals surface area contributed by atoms with Crippen LogP contribution in [0.4, 0.5) is 14.5 Å². The van der Waals surface area contributed by atoms with Crippen LogP contribution in [-0.4, -0.2) is 6.54 Å². The van der Waals surface area contributed by atoms with Gasteiger partial charge in [0.05, 0.1) is 0 Å². The smallest absolute Gasteiger partial charge is 0.131 e. The first-order chi connectivity index (χ1) is 9.65. The first-order valence-corrected chi connectivity index (χ1v) is 6.98. The van der Waals surface area contributed by atoms with Crippen molar-refractivity contribution in [2.45, 2.75) is 26.7 Å². The first-order valence-electron chi connectivity index (χ1n) is 6.98. The molecular weight excluding hydrogens is 256 g/mol. The highest BCUT2D eigenvalue weighted by Gasteiger charge is 2.11. The summed E-state index contributed by atoms with van der Waals surface area (Å²) in [7, 11) is 0. The summed E-state index contributed by atoms with van der Waals surface area (Å²) < 4.78 is 27.6. The Hall–Kier alpha value is -1.90. The van der Waals surface area contributed by atoms with Gasteiger partial charge in [-0.2, -0.15) is 0 Å². The summed E-state index contributed by atoms with van der Waals surface area (Å²) in [5, 5.41) is 3.15. The Morgan fingerprint density at radius 3 is 2.45 bits per heavy atom. The van der Waals surface area contributed by atoms with Gasteiger partial charge in [0.15, 0.2) is 0 Å². The first kappa shape index (κ1) is 14.5. The second-order valence-electron chi connectivity index (χ2n) is 4.78. The Labute approximate surface area is 118 Å². The van der Waals surface area contributed by atoms with Crippen LogP contribution in [0.15, 0.2) is 36.4 Å². The molecule has 0 atom stereocenters. The lowest BCUT2D eigenvalue weighted by molar-refractivity contribution is 0.623. The van der Waals surface area contributed by atoms with Crippen molar-refractivity contribution in [2.24, 2.45) is 0 Å². The fraction of sp³-hybridized carbons (Fsp3) is 0.294. The van der Waals surface area contributed by atoms with E-state index in [1.54, 1.807) is 18.2 Å². The monoisotopic (exact) mass is 275 g/mol. The van der Waals surface area contributed by atoms with Gasteiger partial charge >= 0.3 is 0 Å². The Morgan fingerprint density at radius 1 is 0.950 bits per heavy atom. The van der Waals surface area contributed by atoms with E-state index in [-0.39, 0.29) is 11.6 Å². The summed E-state index contributed by atoms with van der Waals surface area (Å²) in [5.74, 6) is -0.664. The summed E-state index contributed by atoms with van der Waals surface area (Å²) in [5.41, 5.74) is 2.91. The number of benzene rings is 2. The number of rotatable bonds is 5. The van der Waals surface area contributed by atoms with Crippen molar-refractivity contribution in [1.29, 1.82) is 0 Å². The summed E-state index contributed by atoms with van der Waals surface area (Å²) in [4.78, 5) is 0. The van der Waals surface area contributed by atoms with Crippen molar-refractivity contribution in [3.63, 3.8) is 0 Å². The number of aryl methyl sites for hydroxylation is 1. The zero-order valence-corrected chi connectivity index (χ0v) is 11.8. The zero-order valence-electron chi connectivity index (χ0n) is 11.8. The molecule has 0 aliphatic rings. The van der Waals surface area contributed by atoms with Crippen LogP contribution in [0.1, 0.15) is 25.8 Å². The van der Waals surface area contributed by atoms with E-state index in [1.807, 2.05) is 6.92 Å². The summed E-state index contributed by atoms with van der Waals surface area (Å²) in [6, 6.07) is 9.45. The number of nitrogens with one attached hydrogen (secondary N) is 1. The molecule has 0 saturated carbocycles. The fourth-order valence-corrected chi connectivity index (χ4v) is 2.33. The number of hydrogen-bond acceptors (Lipinski definition) is 1. The Morgan fingerprint density at radius 2 is 1.75 bits per heavy atom. The Bertz CT molecular complexity index is 594. The molecule has 2 aromatic rings. The van der Waals surface area contributed by atoms with E-state index in [0.717, 1.165) is 30.6 Å². The van der Waals surface area contributed by atoms with E-state index in [9.17, 15) is 8.78 Å². The largest absolute Gasteiger partial charge is 0.385 e. The van der Waals surface area contributed by atoms with Crippen molar-refractivity contribution in [3.8, 4) is 11.1 Å². The molecule has 0 aromatic heterocycles. The van der Waals surface area contributed by atoms with Gasteiger partial charge in [-0.1, -0.05) is 19.4 Å². The van der Waals surface area contributed by atoms with Gasteiger partial charge in [-0.3, -0.25) is 0 Å². The molecule has 0 radical (unpaired) electrons. The average molecular weight is 275 g/mol. The van der Waals surface area contributed by atoms with Crippen molar-refractivity contribution < 1.29 is 8.78 Å². The molecular formula is C17H19F2N. The van der Waals surface area contributed by atoms with Gasteiger partial charge in [-0.25, -0.2) is 8.78 Å². The van der Waals surface area contributed by atoms with E-state index in [2.05, 4.69) is 12.2 Å². The standard InChI is InChI=1S/C17H19F2N/c1-3-5-12-6-7-13(18)10-15(12)16-11-14(20-4-2)8-9-17(16)19/h6-11,20H,3-5H2,1-2H3. The lowest BCUT2D eigenvalue weighted by Gasteiger charge is -2.12. The average Bonchev–Trinajstić information content (AvgIpc) is 2.43. The third-order valence-corrected chi connectivity index (χ3v) is 3.23. The minimum absolute atomic E-state index is 0.324. The quantitative estimate of drug-likeness (QED) is 0.808. The molecule has 0 heterocycles. The van der Waals surface area contributed by atoms with Gasteiger partial charge in [0.2, 0.25) is 0 Å². The van der Waals surface area contributed by atoms with Crippen molar-refractivity contribution >= 4 is 5.69 Å². The number of anilines is 1. The molecule has 106 valence electrons. The molecule has 0 saturated heterocycles. The SMILES string of the molecule is CCCc1ccc(F)cc1-c1cc(NCC)ccc1F. The molecule has 0 fully saturated rings. The summed E-state index contributed by atoms with van der Waals surface area (Å²) in [6.45, 7) is 4.79. The fourth-order valence-electron chi connectivity index (χ4n) is 2.33. The van der Waals surface area contributed by atoms with Crippen LogP contribution in [0.2, 0.25) is 0 Å². The van der Waals surface area contributed by atoms with Crippen LogP contribution >= 0.6 is 0 Å². The van der Waals surface area contributed by atoms with E-state index in [0.29, 0.717) is 11.1 Å². The molecule has 0 aliphatic heterocycles. The van der Waals surface area contributed by atoms with Crippen LogP contribution in [-0.2, 0) is 6.42 Å². The maximum absolute atomic E-state index is 14.1. The minimum Gasteiger partial charge on any atom is -0.385 e. The van der Waals surface area contributed by atoms with Gasteiger partial charge in [0, 0.05) is 17.8 Å². The molecule has 2 rings (SSSR count). The van der Waals surface area contributed by atoms with Crippen molar-refractivity contribution in [2.75, 3.05) is 11.9 Å². The van der Waals surface area contributed by atoms with Gasteiger partial charge in [-0.15, -0.1) is 0 Å². The predicted molar refractivity (Wildman–Crippen MR) is 80.0 cm³/mol. The van der Waals surface area contributed by atoms with E-state index in [1.165, 1.54) is 18.2 Å². The molecule has 3 heteroatoms. The van der Waals surface area contributed by atoms with Crippen LogP contribution in [0.5, 0.6) is 0 Å². The van der Waals surface area contributed by atoms with Crippen LogP contribution in [0, 0.1) is 11.6 Å². The lowest BCUT2D eigenvalue weighted by atomic mass is 9.96. The molecule has 20 heavy (non-hydrogen) atoms. The van der Waals surface area contributed by atoms with Gasteiger partial charge < -0.3 is 5.32 Å². The van der Waals surface area contributed by atoms with E-state index < -0.39 is 0 Å². The third kappa shape index (κ3) is 3.16. The lowest BCUT2D eigenvalue weighted by Crippen LogP contribution is -1.99. The molecule has 2 aromatic carbocycles. The third-order valence-electron chi connectivity index (χ3n) is 3.23. The molecule has 0 unspecified atom stereocenters.